The van der Waals surface area contributed by atoms with E-state index in [4.69, 9.17) is 15.2 Å². The van der Waals surface area contributed by atoms with Crippen LogP contribution in [0, 0.1) is 0 Å². The van der Waals surface area contributed by atoms with Gasteiger partial charge in [0, 0.05) is 18.6 Å². The third-order valence-electron chi connectivity index (χ3n) is 2.50. The quantitative estimate of drug-likeness (QED) is 0.831. The fourth-order valence-corrected chi connectivity index (χ4v) is 1.48. The van der Waals surface area contributed by atoms with Crippen LogP contribution in [-0.4, -0.2) is 28.5 Å². The SMILES string of the molecule is NCC(=O)NC(=O)Oc1ncccc1OCc1ccncc1. The van der Waals surface area contributed by atoms with E-state index >= 15 is 0 Å². The van der Waals surface area contributed by atoms with Crippen LogP contribution in [-0.2, 0) is 11.4 Å². The summed E-state index contributed by atoms with van der Waals surface area (Å²) in [6.07, 6.45) is 3.76. The number of ether oxygens (including phenoxy) is 2. The van der Waals surface area contributed by atoms with Crippen LogP contribution in [0.3, 0.4) is 0 Å². The standard InChI is InChI=1S/C14H14N4O4/c15-8-12(19)18-14(20)22-13-11(2-1-5-17-13)21-9-10-3-6-16-7-4-10/h1-7H,8-9,15H2,(H,18,19,20). The highest BCUT2D eigenvalue weighted by atomic mass is 16.6. The van der Waals surface area contributed by atoms with Gasteiger partial charge in [-0.2, -0.15) is 0 Å². The lowest BCUT2D eigenvalue weighted by molar-refractivity contribution is -0.118. The molecule has 0 atom stereocenters. The Labute approximate surface area is 126 Å². The van der Waals surface area contributed by atoms with Crippen LogP contribution in [0.5, 0.6) is 11.6 Å². The van der Waals surface area contributed by atoms with Crippen molar-refractivity contribution in [3.63, 3.8) is 0 Å². The average Bonchev–Trinajstić information content (AvgIpc) is 2.54. The molecule has 8 nitrogen and oxygen atoms in total. The number of hydrogen-bond donors (Lipinski definition) is 2. The van der Waals surface area contributed by atoms with Gasteiger partial charge < -0.3 is 15.2 Å². The molecule has 0 unspecified atom stereocenters. The molecule has 2 rings (SSSR count). The van der Waals surface area contributed by atoms with Gasteiger partial charge in [-0.05, 0) is 29.8 Å². The maximum Gasteiger partial charge on any atom is 0.420 e. The van der Waals surface area contributed by atoms with E-state index < -0.39 is 12.0 Å². The molecule has 0 aliphatic rings. The molecule has 0 aromatic carbocycles. The number of nitrogens with one attached hydrogen (secondary N) is 1. The molecule has 0 bridgehead atoms. The highest BCUT2D eigenvalue weighted by Gasteiger charge is 2.13. The molecule has 0 radical (unpaired) electrons. The highest BCUT2D eigenvalue weighted by molar-refractivity contribution is 5.93. The van der Waals surface area contributed by atoms with Gasteiger partial charge >= 0.3 is 6.09 Å². The van der Waals surface area contributed by atoms with Gasteiger partial charge in [0.15, 0.2) is 5.75 Å². The Morgan fingerprint density at radius 2 is 1.95 bits per heavy atom. The summed E-state index contributed by atoms with van der Waals surface area (Å²) in [5, 5.41) is 1.95. The second kappa shape index (κ2) is 7.70. The first kappa shape index (κ1) is 15.4. The predicted octanol–water partition coefficient (Wildman–Crippen LogP) is 0.629. The van der Waals surface area contributed by atoms with E-state index in [1.165, 1.54) is 6.20 Å². The van der Waals surface area contributed by atoms with E-state index in [2.05, 4.69) is 9.97 Å². The van der Waals surface area contributed by atoms with Crippen molar-refractivity contribution < 1.29 is 19.1 Å². The molecule has 2 amide bonds. The van der Waals surface area contributed by atoms with Crippen LogP contribution in [0.1, 0.15) is 5.56 Å². The van der Waals surface area contributed by atoms with E-state index in [0.29, 0.717) is 0 Å². The zero-order chi connectivity index (χ0) is 15.8. The monoisotopic (exact) mass is 302 g/mol. The molecule has 0 saturated heterocycles. The maximum atomic E-state index is 11.5. The third kappa shape index (κ3) is 4.53. The Morgan fingerprint density at radius 3 is 2.68 bits per heavy atom. The van der Waals surface area contributed by atoms with Crippen molar-refractivity contribution in [2.24, 2.45) is 5.73 Å². The number of imide groups is 1. The zero-order valence-electron chi connectivity index (χ0n) is 11.6. The smallest absolute Gasteiger partial charge is 0.420 e. The van der Waals surface area contributed by atoms with Gasteiger partial charge in [-0.25, -0.2) is 9.78 Å². The van der Waals surface area contributed by atoms with Gasteiger partial charge in [0.25, 0.3) is 5.88 Å². The summed E-state index contributed by atoms with van der Waals surface area (Å²) in [6, 6.07) is 6.83. The minimum atomic E-state index is -0.970. The van der Waals surface area contributed by atoms with Crippen LogP contribution < -0.4 is 20.5 Å². The van der Waals surface area contributed by atoms with Crippen molar-refractivity contribution >= 4 is 12.0 Å². The molecule has 0 aliphatic heterocycles. The number of carbonyl (C=O) groups excluding carboxylic acids is 2. The van der Waals surface area contributed by atoms with Crippen LogP contribution in [0.25, 0.3) is 0 Å². The number of rotatable bonds is 5. The van der Waals surface area contributed by atoms with E-state index in [1.807, 2.05) is 5.32 Å². The lowest BCUT2D eigenvalue weighted by atomic mass is 10.3. The number of pyridine rings is 2. The summed E-state index contributed by atoms with van der Waals surface area (Å²) in [6.45, 7) is -0.0589. The Bertz CT molecular complexity index is 648. The first-order chi connectivity index (χ1) is 10.7. The molecule has 22 heavy (non-hydrogen) atoms. The number of aromatic nitrogens is 2. The first-order valence-electron chi connectivity index (χ1n) is 6.37. The van der Waals surface area contributed by atoms with E-state index in [1.54, 1.807) is 36.7 Å². The van der Waals surface area contributed by atoms with Crippen molar-refractivity contribution in [2.75, 3.05) is 6.54 Å². The molecule has 0 fully saturated rings. The second-order valence-electron chi connectivity index (χ2n) is 4.09. The molecule has 2 heterocycles. The molecule has 0 aliphatic carbocycles. The Morgan fingerprint density at radius 1 is 1.18 bits per heavy atom. The number of carbonyl (C=O) groups is 2. The maximum absolute atomic E-state index is 11.5. The molecule has 3 N–H and O–H groups in total. The molecule has 0 spiro atoms. The van der Waals surface area contributed by atoms with Crippen LogP contribution in [0.15, 0.2) is 42.9 Å². The summed E-state index contributed by atoms with van der Waals surface area (Å²) >= 11 is 0. The predicted molar refractivity (Wildman–Crippen MR) is 76.0 cm³/mol. The summed E-state index contributed by atoms with van der Waals surface area (Å²) < 4.78 is 10.5. The Hall–Kier alpha value is -3.00. The largest absolute Gasteiger partial charge is 0.483 e. The van der Waals surface area contributed by atoms with E-state index in [9.17, 15) is 9.59 Å². The van der Waals surface area contributed by atoms with Crippen LogP contribution >= 0.6 is 0 Å². The normalized spacial score (nSPS) is 9.86. The molecular formula is C14H14N4O4. The average molecular weight is 302 g/mol. The lowest BCUT2D eigenvalue weighted by Crippen LogP contribution is -2.37. The second-order valence-corrected chi connectivity index (χ2v) is 4.09. The summed E-state index contributed by atoms with van der Waals surface area (Å²) in [5.41, 5.74) is 5.99. The Kier molecular flexibility index (Phi) is 5.38. The molecule has 8 heteroatoms. The Balaban J connectivity index is 2.00. The lowest BCUT2D eigenvalue weighted by Gasteiger charge is -2.10. The zero-order valence-corrected chi connectivity index (χ0v) is 11.6. The summed E-state index contributed by atoms with van der Waals surface area (Å²) in [4.78, 5) is 30.3. The number of amides is 2. The fourth-order valence-electron chi connectivity index (χ4n) is 1.48. The van der Waals surface area contributed by atoms with Crippen molar-refractivity contribution in [2.45, 2.75) is 6.61 Å². The third-order valence-corrected chi connectivity index (χ3v) is 2.50. The van der Waals surface area contributed by atoms with Gasteiger partial charge in [-0.15, -0.1) is 0 Å². The molecule has 2 aromatic rings. The van der Waals surface area contributed by atoms with Gasteiger partial charge in [0.1, 0.15) is 6.61 Å². The van der Waals surface area contributed by atoms with Gasteiger partial charge in [0.2, 0.25) is 5.91 Å². The van der Waals surface area contributed by atoms with E-state index in [-0.39, 0.29) is 24.8 Å². The first-order valence-corrected chi connectivity index (χ1v) is 6.37. The molecular weight excluding hydrogens is 288 g/mol. The van der Waals surface area contributed by atoms with Crippen LogP contribution in [0.4, 0.5) is 4.79 Å². The van der Waals surface area contributed by atoms with Crippen molar-refractivity contribution in [3.05, 3.63) is 48.4 Å². The topological polar surface area (TPSA) is 116 Å². The van der Waals surface area contributed by atoms with Crippen molar-refractivity contribution in [3.8, 4) is 11.6 Å². The highest BCUT2D eigenvalue weighted by Crippen LogP contribution is 2.24. The fraction of sp³-hybridized carbons (Fsp3) is 0.143. The number of nitrogens with zero attached hydrogens (tertiary/aromatic N) is 2. The van der Waals surface area contributed by atoms with Gasteiger partial charge in [-0.1, -0.05) is 0 Å². The van der Waals surface area contributed by atoms with Crippen molar-refractivity contribution in [1.82, 2.24) is 15.3 Å². The number of hydrogen-bond acceptors (Lipinski definition) is 7. The minimum absolute atomic E-state index is 0.0427. The molecule has 2 aromatic heterocycles. The summed E-state index contributed by atoms with van der Waals surface area (Å²) in [7, 11) is 0. The van der Waals surface area contributed by atoms with Gasteiger partial charge in [0.05, 0.1) is 6.54 Å². The number of nitrogens with two attached hydrogens (primary N) is 1. The molecule has 114 valence electrons. The van der Waals surface area contributed by atoms with Crippen molar-refractivity contribution in [1.29, 1.82) is 0 Å². The summed E-state index contributed by atoms with van der Waals surface area (Å²) in [5.74, 6) is -0.422. The molecule has 0 saturated carbocycles. The van der Waals surface area contributed by atoms with E-state index in [0.717, 1.165) is 5.56 Å². The minimum Gasteiger partial charge on any atom is -0.483 e. The van der Waals surface area contributed by atoms with Crippen LogP contribution in [0.2, 0.25) is 0 Å². The van der Waals surface area contributed by atoms with Gasteiger partial charge in [-0.3, -0.25) is 15.1 Å².